The Balaban J connectivity index is 1.84. The van der Waals surface area contributed by atoms with Crippen LogP contribution in [-0.4, -0.2) is 32.5 Å². The van der Waals surface area contributed by atoms with Crippen LogP contribution in [0.1, 0.15) is 52.0 Å². The maximum absolute atomic E-state index is 13.8. The van der Waals surface area contributed by atoms with Crippen molar-refractivity contribution in [3.05, 3.63) is 70.6 Å². The van der Waals surface area contributed by atoms with Gasteiger partial charge in [-0.3, -0.25) is 9.59 Å². The zero-order valence-corrected chi connectivity index (χ0v) is 21.8. The number of benzene rings is 2. The molecular formula is C29H34N2O5. The molecule has 0 saturated heterocycles. The van der Waals surface area contributed by atoms with Crippen LogP contribution in [0.25, 0.3) is 0 Å². The summed E-state index contributed by atoms with van der Waals surface area (Å²) in [6.45, 7) is 8.47. The molecule has 1 aliphatic heterocycles. The van der Waals surface area contributed by atoms with Crippen molar-refractivity contribution in [1.29, 1.82) is 0 Å². The quantitative estimate of drug-likeness (QED) is 0.545. The van der Waals surface area contributed by atoms with Crippen molar-refractivity contribution in [3.63, 3.8) is 0 Å². The first-order valence-electron chi connectivity index (χ1n) is 12.2. The third kappa shape index (κ3) is 4.83. The van der Waals surface area contributed by atoms with Gasteiger partial charge in [-0.2, -0.15) is 0 Å². The highest BCUT2D eigenvalue weighted by atomic mass is 16.5. The molecule has 2 aromatic rings. The molecule has 1 aliphatic carbocycles. The van der Waals surface area contributed by atoms with Crippen molar-refractivity contribution < 1.29 is 23.8 Å². The van der Waals surface area contributed by atoms with Crippen molar-refractivity contribution >= 4 is 17.4 Å². The van der Waals surface area contributed by atoms with Crippen LogP contribution in [0.5, 0.6) is 17.2 Å². The van der Waals surface area contributed by atoms with Crippen LogP contribution >= 0.6 is 0 Å². The van der Waals surface area contributed by atoms with Gasteiger partial charge in [-0.25, -0.2) is 0 Å². The van der Waals surface area contributed by atoms with Gasteiger partial charge in [0, 0.05) is 34.9 Å². The molecule has 0 spiro atoms. The summed E-state index contributed by atoms with van der Waals surface area (Å²) in [5, 5.41) is 6.40. The van der Waals surface area contributed by atoms with E-state index in [1.165, 1.54) is 0 Å². The van der Waals surface area contributed by atoms with Crippen LogP contribution < -0.4 is 24.8 Å². The Morgan fingerprint density at radius 3 is 2.47 bits per heavy atom. The molecule has 2 aliphatic rings. The van der Waals surface area contributed by atoms with Crippen molar-refractivity contribution in [2.24, 2.45) is 5.41 Å². The molecule has 190 valence electrons. The standard InChI is InChI=1S/C29H34N2O5/c1-7-36-23-13-12-18(14-24(23)35-6)26-25(28(33)31-19-10-8-9-11-22(19)34-5)17(2)30-20-15-29(3,4)16-21(32)27(20)26/h8-14,26,30H,7,15-16H2,1-6H3,(H,31,33). The van der Waals surface area contributed by atoms with Crippen LogP contribution in [0, 0.1) is 5.41 Å². The number of rotatable bonds is 7. The number of carbonyl (C=O) groups excluding carboxylic acids is 2. The summed E-state index contributed by atoms with van der Waals surface area (Å²) in [6.07, 6.45) is 1.14. The number of allylic oxidation sites excluding steroid dienone is 3. The highest BCUT2D eigenvalue weighted by molar-refractivity contribution is 6.10. The molecule has 0 fully saturated rings. The summed E-state index contributed by atoms with van der Waals surface area (Å²) < 4.78 is 16.7. The average molecular weight is 491 g/mol. The Morgan fingerprint density at radius 1 is 1.06 bits per heavy atom. The lowest BCUT2D eigenvalue weighted by Gasteiger charge is -2.39. The average Bonchev–Trinajstić information content (AvgIpc) is 2.83. The summed E-state index contributed by atoms with van der Waals surface area (Å²) in [5.41, 5.74) is 3.90. The number of para-hydroxylation sites is 2. The van der Waals surface area contributed by atoms with Crippen molar-refractivity contribution in [1.82, 2.24) is 5.32 Å². The molecule has 0 bridgehead atoms. The summed E-state index contributed by atoms with van der Waals surface area (Å²) in [5.74, 6) is 0.921. The van der Waals surface area contributed by atoms with E-state index in [1.54, 1.807) is 26.4 Å². The first-order valence-corrected chi connectivity index (χ1v) is 12.2. The van der Waals surface area contributed by atoms with Gasteiger partial charge in [0.2, 0.25) is 0 Å². The lowest BCUT2D eigenvalue weighted by Crippen LogP contribution is -2.39. The molecule has 1 heterocycles. The molecule has 2 aromatic carbocycles. The third-order valence-electron chi connectivity index (χ3n) is 6.66. The molecule has 36 heavy (non-hydrogen) atoms. The minimum absolute atomic E-state index is 0.0432. The number of ether oxygens (including phenoxy) is 3. The smallest absolute Gasteiger partial charge is 0.254 e. The molecule has 7 nitrogen and oxygen atoms in total. The third-order valence-corrected chi connectivity index (χ3v) is 6.66. The lowest BCUT2D eigenvalue weighted by molar-refractivity contribution is -0.118. The monoisotopic (exact) mass is 490 g/mol. The van der Waals surface area contributed by atoms with Crippen LogP contribution in [0.3, 0.4) is 0 Å². The van der Waals surface area contributed by atoms with E-state index in [4.69, 9.17) is 14.2 Å². The minimum Gasteiger partial charge on any atom is -0.495 e. The number of hydrogen-bond acceptors (Lipinski definition) is 6. The second-order valence-electron chi connectivity index (χ2n) is 9.93. The number of dihydropyridines is 1. The van der Waals surface area contributed by atoms with Gasteiger partial charge < -0.3 is 24.8 Å². The van der Waals surface area contributed by atoms with E-state index in [-0.39, 0.29) is 17.1 Å². The Hall–Kier alpha value is -3.74. The molecule has 1 atom stereocenters. The highest BCUT2D eigenvalue weighted by Gasteiger charge is 2.43. The van der Waals surface area contributed by atoms with Crippen molar-refractivity contribution in [2.45, 2.75) is 46.5 Å². The number of ketones is 1. The number of carbonyl (C=O) groups is 2. The van der Waals surface area contributed by atoms with Gasteiger partial charge in [-0.1, -0.05) is 32.0 Å². The van der Waals surface area contributed by atoms with Crippen LogP contribution in [0.15, 0.2) is 65.0 Å². The van der Waals surface area contributed by atoms with Crippen molar-refractivity contribution in [3.8, 4) is 17.2 Å². The van der Waals surface area contributed by atoms with E-state index in [1.807, 2.05) is 44.2 Å². The second-order valence-corrected chi connectivity index (χ2v) is 9.93. The Kier molecular flexibility index (Phi) is 7.11. The predicted molar refractivity (Wildman–Crippen MR) is 139 cm³/mol. The first kappa shape index (κ1) is 25.4. The Labute approximate surface area is 212 Å². The molecule has 7 heteroatoms. The SMILES string of the molecule is CCOc1ccc(C2C(C(=O)Nc3ccccc3OC)=C(C)NC3=C2C(=O)CC(C)(C)C3)cc1OC. The molecule has 4 rings (SSSR count). The maximum Gasteiger partial charge on any atom is 0.254 e. The topological polar surface area (TPSA) is 85.9 Å². The number of Topliss-reactive ketones (excluding diaryl/α,β-unsaturated/α-hetero) is 1. The van der Waals surface area contributed by atoms with Gasteiger partial charge in [0.05, 0.1) is 26.5 Å². The largest absolute Gasteiger partial charge is 0.495 e. The zero-order chi connectivity index (χ0) is 26.0. The minimum atomic E-state index is -0.552. The fourth-order valence-corrected chi connectivity index (χ4v) is 5.15. The van der Waals surface area contributed by atoms with Gasteiger partial charge in [0.15, 0.2) is 17.3 Å². The zero-order valence-electron chi connectivity index (χ0n) is 21.8. The Bertz CT molecular complexity index is 1260. The molecule has 0 saturated carbocycles. The summed E-state index contributed by atoms with van der Waals surface area (Å²) >= 11 is 0. The Morgan fingerprint density at radius 2 is 1.78 bits per heavy atom. The molecular weight excluding hydrogens is 456 g/mol. The first-order chi connectivity index (χ1) is 17.2. The molecule has 0 aromatic heterocycles. The molecule has 0 radical (unpaired) electrons. The second kappa shape index (κ2) is 10.1. The van der Waals surface area contributed by atoms with E-state index >= 15 is 0 Å². The lowest BCUT2D eigenvalue weighted by atomic mass is 9.68. The number of anilines is 1. The summed E-state index contributed by atoms with van der Waals surface area (Å²) in [6, 6.07) is 12.9. The summed E-state index contributed by atoms with van der Waals surface area (Å²) in [4.78, 5) is 27.4. The number of amides is 1. The maximum atomic E-state index is 13.8. The van der Waals surface area contributed by atoms with E-state index < -0.39 is 5.92 Å². The van der Waals surface area contributed by atoms with Gasteiger partial charge >= 0.3 is 0 Å². The van der Waals surface area contributed by atoms with Crippen LogP contribution in [-0.2, 0) is 9.59 Å². The van der Waals surface area contributed by atoms with E-state index in [9.17, 15) is 9.59 Å². The molecule has 1 unspecified atom stereocenters. The fraction of sp³-hybridized carbons (Fsp3) is 0.379. The number of nitrogens with one attached hydrogen (secondary N) is 2. The van der Waals surface area contributed by atoms with Crippen LogP contribution in [0.4, 0.5) is 5.69 Å². The van der Waals surface area contributed by atoms with Crippen LogP contribution in [0.2, 0.25) is 0 Å². The normalized spacial score (nSPS) is 18.8. The van der Waals surface area contributed by atoms with E-state index in [2.05, 4.69) is 24.5 Å². The van der Waals surface area contributed by atoms with E-state index in [0.717, 1.165) is 17.7 Å². The predicted octanol–water partition coefficient (Wildman–Crippen LogP) is 5.35. The van der Waals surface area contributed by atoms with Gasteiger partial charge in [-0.15, -0.1) is 0 Å². The fourth-order valence-electron chi connectivity index (χ4n) is 5.15. The molecule has 1 amide bonds. The highest BCUT2D eigenvalue weighted by Crippen LogP contribution is 2.48. The van der Waals surface area contributed by atoms with Gasteiger partial charge in [0.25, 0.3) is 5.91 Å². The summed E-state index contributed by atoms with van der Waals surface area (Å²) in [7, 11) is 3.14. The number of methoxy groups -OCH3 is 2. The van der Waals surface area contributed by atoms with E-state index in [0.29, 0.717) is 52.8 Å². The van der Waals surface area contributed by atoms with Crippen molar-refractivity contribution in [2.75, 3.05) is 26.1 Å². The van der Waals surface area contributed by atoms with Gasteiger partial charge in [-0.05, 0) is 55.5 Å². The van der Waals surface area contributed by atoms with Gasteiger partial charge in [0.1, 0.15) is 5.75 Å². The molecule has 2 N–H and O–H groups in total. The number of hydrogen-bond donors (Lipinski definition) is 2.